The molecule has 0 radical (unpaired) electrons. The van der Waals surface area contributed by atoms with E-state index in [2.05, 4.69) is 5.32 Å². The maximum absolute atomic E-state index is 11.2. The molecular formula is C12H6Cl2N4O6. The van der Waals surface area contributed by atoms with Crippen LogP contribution in [0.3, 0.4) is 0 Å². The zero-order chi connectivity index (χ0) is 18.0. The van der Waals surface area contributed by atoms with E-state index < -0.39 is 37.5 Å². The number of halogens is 2. The summed E-state index contributed by atoms with van der Waals surface area (Å²) in [6.45, 7) is 0. The molecule has 0 saturated heterocycles. The third-order valence-electron chi connectivity index (χ3n) is 2.90. The average molecular weight is 373 g/mol. The molecule has 0 aliphatic heterocycles. The standard InChI is InChI=1S/C12H6Cl2N4O6/c13-7-2-1-3-8(11(7)14)15-12-9(17(21)22)4-6(16(19)20)5-10(12)18(23)24/h1-5,15H. The largest absolute Gasteiger partial charge is 0.343 e. The van der Waals surface area contributed by atoms with Crippen molar-refractivity contribution in [3.8, 4) is 0 Å². The van der Waals surface area contributed by atoms with Crippen LogP contribution >= 0.6 is 23.2 Å². The van der Waals surface area contributed by atoms with E-state index in [-0.39, 0.29) is 15.7 Å². The molecule has 12 heteroatoms. The van der Waals surface area contributed by atoms with Crippen LogP contribution in [0.1, 0.15) is 0 Å². The van der Waals surface area contributed by atoms with Gasteiger partial charge in [0.05, 0.1) is 42.6 Å². The number of nitro groups is 3. The summed E-state index contributed by atoms with van der Waals surface area (Å²) in [4.78, 5) is 30.3. The van der Waals surface area contributed by atoms with Crippen molar-refractivity contribution in [1.29, 1.82) is 0 Å². The Kier molecular flexibility index (Phi) is 4.81. The fourth-order valence-corrected chi connectivity index (χ4v) is 2.20. The van der Waals surface area contributed by atoms with Gasteiger partial charge in [0, 0.05) is 0 Å². The molecule has 0 aliphatic rings. The van der Waals surface area contributed by atoms with Crippen molar-refractivity contribution >= 4 is 51.6 Å². The number of anilines is 2. The lowest BCUT2D eigenvalue weighted by Gasteiger charge is -2.10. The molecule has 24 heavy (non-hydrogen) atoms. The molecule has 10 nitrogen and oxygen atoms in total. The fraction of sp³-hybridized carbons (Fsp3) is 0. The van der Waals surface area contributed by atoms with Crippen molar-refractivity contribution in [3.63, 3.8) is 0 Å². The smallest absolute Gasteiger partial charge is 0.306 e. The molecule has 0 saturated carbocycles. The lowest BCUT2D eigenvalue weighted by Crippen LogP contribution is -2.03. The molecule has 2 rings (SSSR count). The van der Waals surface area contributed by atoms with Gasteiger partial charge in [-0.05, 0) is 12.1 Å². The zero-order valence-corrected chi connectivity index (χ0v) is 12.9. The van der Waals surface area contributed by atoms with E-state index in [1.165, 1.54) is 18.2 Å². The highest BCUT2D eigenvalue weighted by Crippen LogP contribution is 2.42. The van der Waals surface area contributed by atoms with Gasteiger partial charge in [0.1, 0.15) is 0 Å². The van der Waals surface area contributed by atoms with Crippen LogP contribution in [0.2, 0.25) is 10.0 Å². The van der Waals surface area contributed by atoms with Gasteiger partial charge in [-0.15, -0.1) is 0 Å². The maximum atomic E-state index is 11.2. The lowest BCUT2D eigenvalue weighted by atomic mass is 10.2. The molecule has 2 aromatic carbocycles. The van der Waals surface area contributed by atoms with E-state index in [9.17, 15) is 30.3 Å². The lowest BCUT2D eigenvalue weighted by molar-refractivity contribution is -0.401. The van der Waals surface area contributed by atoms with Gasteiger partial charge in [-0.2, -0.15) is 0 Å². The highest BCUT2D eigenvalue weighted by atomic mass is 35.5. The first-order valence-electron chi connectivity index (χ1n) is 6.04. The maximum Gasteiger partial charge on any atom is 0.306 e. The second-order valence-electron chi connectivity index (χ2n) is 4.36. The molecule has 124 valence electrons. The van der Waals surface area contributed by atoms with E-state index in [1.807, 2.05) is 0 Å². The second-order valence-corrected chi connectivity index (χ2v) is 5.14. The van der Waals surface area contributed by atoms with Crippen LogP contribution in [0.15, 0.2) is 30.3 Å². The van der Waals surface area contributed by atoms with Gasteiger partial charge < -0.3 is 5.32 Å². The Morgan fingerprint density at radius 1 is 0.875 bits per heavy atom. The summed E-state index contributed by atoms with van der Waals surface area (Å²) in [5, 5.41) is 35.7. The third kappa shape index (κ3) is 3.34. The summed E-state index contributed by atoms with van der Waals surface area (Å²) in [5.74, 6) is 0. The monoisotopic (exact) mass is 372 g/mol. The summed E-state index contributed by atoms with van der Waals surface area (Å²) in [7, 11) is 0. The first-order valence-corrected chi connectivity index (χ1v) is 6.80. The number of hydrogen-bond acceptors (Lipinski definition) is 7. The quantitative estimate of drug-likeness (QED) is 0.602. The predicted molar refractivity (Wildman–Crippen MR) is 86.1 cm³/mol. The van der Waals surface area contributed by atoms with Gasteiger partial charge >= 0.3 is 11.4 Å². The van der Waals surface area contributed by atoms with Gasteiger partial charge in [-0.3, -0.25) is 30.3 Å². The van der Waals surface area contributed by atoms with Crippen LogP contribution in [0.4, 0.5) is 28.4 Å². The molecule has 0 heterocycles. The Balaban J connectivity index is 2.71. The third-order valence-corrected chi connectivity index (χ3v) is 3.72. The van der Waals surface area contributed by atoms with Crippen LogP contribution in [0, 0.1) is 30.3 Å². The molecule has 0 atom stereocenters. The molecule has 2 aromatic rings. The minimum absolute atomic E-state index is 0.0129. The van der Waals surface area contributed by atoms with Crippen LogP contribution in [0.5, 0.6) is 0 Å². The van der Waals surface area contributed by atoms with Crippen molar-refractivity contribution in [2.45, 2.75) is 0 Å². The number of nitrogens with one attached hydrogen (secondary N) is 1. The Hall–Kier alpha value is -2.98. The van der Waals surface area contributed by atoms with Crippen molar-refractivity contribution < 1.29 is 14.8 Å². The van der Waals surface area contributed by atoms with Crippen LogP contribution in [-0.4, -0.2) is 14.8 Å². The molecule has 0 amide bonds. The first kappa shape index (κ1) is 17.4. The normalized spacial score (nSPS) is 10.2. The van der Waals surface area contributed by atoms with E-state index in [0.717, 1.165) is 0 Å². The Morgan fingerprint density at radius 2 is 1.42 bits per heavy atom. The zero-order valence-electron chi connectivity index (χ0n) is 11.4. The minimum atomic E-state index is -0.971. The number of nitro benzene ring substituents is 3. The number of hydrogen-bond donors (Lipinski definition) is 1. The Bertz CT molecular complexity index is 838. The topological polar surface area (TPSA) is 141 Å². The molecular weight excluding hydrogens is 367 g/mol. The van der Waals surface area contributed by atoms with Crippen molar-refractivity contribution in [1.82, 2.24) is 0 Å². The fourth-order valence-electron chi connectivity index (χ4n) is 1.85. The summed E-state index contributed by atoms with van der Waals surface area (Å²) >= 11 is 11.8. The van der Waals surface area contributed by atoms with Crippen LogP contribution in [0.25, 0.3) is 0 Å². The Morgan fingerprint density at radius 3 is 1.88 bits per heavy atom. The number of non-ortho nitro benzene ring substituents is 1. The van der Waals surface area contributed by atoms with Crippen molar-refractivity contribution in [2.24, 2.45) is 0 Å². The average Bonchev–Trinajstić information content (AvgIpc) is 2.51. The number of rotatable bonds is 5. The van der Waals surface area contributed by atoms with Gasteiger partial charge in [-0.1, -0.05) is 29.3 Å². The first-order chi connectivity index (χ1) is 11.2. The molecule has 0 fully saturated rings. The summed E-state index contributed by atoms with van der Waals surface area (Å²) in [6.07, 6.45) is 0. The SMILES string of the molecule is O=[N+]([O-])c1cc([N+](=O)[O-])c(Nc2cccc(Cl)c2Cl)c([N+](=O)[O-])c1. The van der Waals surface area contributed by atoms with Gasteiger partial charge in [0.2, 0.25) is 0 Å². The van der Waals surface area contributed by atoms with Gasteiger partial charge in [0.25, 0.3) is 5.69 Å². The highest BCUT2D eigenvalue weighted by Gasteiger charge is 2.31. The highest BCUT2D eigenvalue weighted by molar-refractivity contribution is 6.43. The Labute approximate surface area is 143 Å². The van der Waals surface area contributed by atoms with Crippen LogP contribution in [-0.2, 0) is 0 Å². The van der Waals surface area contributed by atoms with E-state index >= 15 is 0 Å². The molecule has 0 aliphatic carbocycles. The van der Waals surface area contributed by atoms with Gasteiger partial charge in [-0.25, -0.2) is 0 Å². The van der Waals surface area contributed by atoms with E-state index in [4.69, 9.17) is 23.2 Å². The predicted octanol–water partition coefficient (Wildman–Crippen LogP) is 4.46. The molecule has 1 N–H and O–H groups in total. The van der Waals surface area contributed by atoms with Crippen LogP contribution < -0.4 is 5.32 Å². The summed E-state index contributed by atoms with van der Waals surface area (Å²) < 4.78 is 0. The van der Waals surface area contributed by atoms with Gasteiger partial charge in [0.15, 0.2) is 5.69 Å². The molecule has 0 aromatic heterocycles. The second kappa shape index (κ2) is 6.64. The molecule has 0 unspecified atom stereocenters. The van der Waals surface area contributed by atoms with Crippen molar-refractivity contribution in [3.05, 3.63) is 70.7 Å². The number of benzene rings is 2. The van der Waals surface area contributed by atoms with Crippen molar-refractivity contribution in [2.75, 3.05) is 5.32 Å². The van der Waals surface area contributed by atoms with E-state index in [1.54, 1.807) is 0 Å². The van der Waals surface area contributed by atoms with E-state index in [0.29, 0.717) is 12.1 Å². The summed E-state index contributed by atoms with van der Waals surface area (Å²) in [6, 6.07) is 5.55. The number of nitrogens with zero attached hydrogens (tertiary/aromatic N) is 3. The molecule has 0 spiro atoms. The molecule has 0 bridgehead atoms. The summed E-state index contributed by atoms with van der Waals surface area (Å²) in [5.41, 5.74) is -2.93. The minimum Gasteiger partial charge on any atom is -0.343 e.